The highest BCUT2D eigenvalue weighted by Crippen LogP contribution is 2.25. The van der Waals surface area contributed by atoms with Crippen LogP contribution in [0.4, 0.5) is 0 Å². The van der Waals surface area contributed by atoms with Gasteiger partial charge in [0, 0.05) is 7.05 Å². The summed E-state index contributed by atoms with van der Waals surface area (Å²) in [6.45, 7) is 4.03. The quantitative estimate of drug-likeness (QED) is 0.930. The molecule has 0 saturated heterocycles. The second-order valence-corrected chi connectivity index (χ2v) is 5.36. The van der Waals surface area contributed by atoms with Crippen molar-refractivity contribution >= 4 is 21.9 Å². The molecule has 0 aliphatic heterocycles. The lowest BCUT2D eigenvalue weighted by molar-refractivity contribution is 0.0691. The maximum atomic E-state index is 11.2. The second-order valence-electron chi connectivity index (χ2n) is 4.56. The number of hydrogen-bond donors (Lipinski definition) is 1. The van der Waals surface area contributed by atoms with Gasteiger partial charge in [-0.25, -0.2) is 4.79 Å². The smallest absolute Gasteiger partial charge is 0.339 e. The van der Waals surface area contributed by atoms with Gasteiger partial charge in [-0.1, -0.05) is 6.07 Å². The molecular formula is C14H15BrN2O3. The van der Waals surface area contributed by atoms with Gasteiger partial charge in [0.2, 0.25) is 0 Å². The van der Waals surface area contributed by atoms with Gasteiger partial charge < -0.3 is 9.84 Å². The van der Waals surface area contributed by atoms with Gasteiger partial charge in [-0.05, 0) is 47.5 Å². The number of benzene rings is 1. The van der Waals surface area contributed by atoms with Crippen molar-refractivity contribution in [2.45, 2.75) is 20.5 Å². The molecule has 1 N–H and O–H groups in total. The van der Waals surface area contributed by atoms with E-state index in [0.29, 0.717) is 5.75 Å². The van der Waals surface area contributed by atoms with Gasteiger partial charge in [-0.2, -0.15) is 5.10 Å². The first-order valence-electron chi connectivity index (χ1n) is 6.05. The first-order valence-corrected chi connectivity index (χ1v) is 6.84. The number of ether oxygens (including phenoxy) is 1. The standard InChI is InChI=1S/C14H15BrN2O3/c1-8-4-5-10(14(18)19)12(6-8)20-7-11-13(15)9(2)16-17(11)3/h4-6H,7H2,1-3H3,(H,18,19). The molecular weight excluding hydrogens is 324 g/mol. The topological polar surface area (TPSA) is 64.3 Å². The minimum absolute atomic E-state index is 0.158. The van der Waals surface area contributed by atoms with Crippen LogP contribution in [0.5, 0.6) is 5.75 Å². The van der Waals surface area contributed by atoms with Crippen molar-refractivity contribution in [2.24, 2.45) is 7.05 Å². The summed E-state index contributed by atoms with van der Waals surface area (Å²) >= 11 is 3.46. The van der Waals surface area contributed by atoms with E-state index in [1.165, 1.54) is 0 Å². The summed E-state index contributed by atoms with van der Waals surface area (Å²) in [5.74, 6) is -0.636. The van der Waals surface area contributed by atoms with Gasteiger partial charge in [-0.3, -0.25) is 4.68 Å². The van der Waals surface area contributed by atoms with Crippen LogP contribution in [-0.2, 0) is 13.7 Å². The van der Waals surface area contributed by atoms with Crippen molar-refractivity contribution in [2.75, 3.05) is 0 Å². The average Bonchev–Trinajstić information content (AvgIpc) is 2.61. The van der Waals surface area contributed by atoms with Crippen LogP contribution in [0.25, 0.3) is 0 Å². The Morgan fingerprint density at radius 3 is 2.70 bits per heavy atom. The molecule has 1 aromatic carbocycles. The number of aromatic nitrogens is 2. The van der Waals surface area contributed by atoms with E-state index in [-0.39, 0.29) is 12.2 Å². The molecule has 0 unspecified atom stereocenters. The van der Waals surface area contributed by atoms with Crippen LogP contribution in [0.15, 0.2) is 22.7 Å². The Morgan fingerprint density at radius 1 is 1.45 bits per heavy atom. The van der Waals surface area contributed by atoms with Gasteiger partial charge in [0.05, 0.1) is 15.9 Å². The molecule has 0 radical (unpaired) electrons. The predicted molar refractivity (Wildman–Crippen MR) is 78.1 cm³/mol. The molecule has 0 atom stereocenters. The molecule has 2 aromatic rings. The Morgan fingerprint density at radius 2 is 2.15 bits per heavy atom. The van der Waals surface area contributed by atoms with Crippen molar-refractivity contribution in [3.63, 3.8) is 0 Å². The number of rotatable bonds is 4. The van der Waals surface area contributed by atoms with Crippen LogP contribution in [-0.4, -0.2) is 20.9 Å². The fourth-order valence-corrected chi connectivity index (χ4v) is 2.36. The zero-order valence-corrected chi connectivity index (χ0v) is 13.1. The van der Waals surface area contributed by atoms with Crippen LogP contribution in [0.2, 0.25) is 0 Å². The number of carbonyl (C=O) groups is 1. The SMILES string of the molecule is Cc1ccc(C(=O)O)c(OCc2c(Br)c(C)nn2C)c1. The van der Waals surface area contributed by atoms with Gasteiger partial charge in [-0.15, -0.1) is 0 Å². The van der Waals surface area contributed by atoms with E-state index in [1.54, 1.807) is 22.9 Å². The highest BCUT2D eigenvalue weighted by atomic mass is 79.9. The molecule has 0 aliphatic rings. The summed E-state index contributed by atoms with van der Waals surface area (Å²) in [6.07, 6.45) is 0. The molecule has 0 spiro atoms. The summed E-state index contributed by atoms with van der Waals surface area (Å²) in [5.41, 5.74) is 2.84. The Bertz CT molecular complexity index is 665. The van der Waals surface area contributed by atoms with E-state index in [0.717, 1.165) is 21.4 Å². The van der Waals surface area contributed by atoms with Gasteiger partial charge >= 0.3 is 5.97 Å². The number of halogens is 1. The Hall–Kier alpha value is -1.82. The Labute approximate surface area is 125 Å². The second kappa shape index (κ2) is 5.66. The molecule has 1 heterocycles. The van der Waals surface area contributed by atoms with Crippen LogP contribution in [0.1, 0.15) is 27.3 Å². The number of aromatic carboxylic acids is 1. The molecule has 6 heteroatoms. The van der Waals surface area contributed by atoms with Crippen molar-refractivity contribution in [3.8, 4) is 5.75 Å². The average molecular weight is 339 g/mol. The van der Waals surface area contributed by atoms with E-state index in [9.17, 15) is 4.79 Å². The predicted octanol–water partition coefficient (Wildman–Crippen LogP) is 3.08. The summed E-state index contributed by atoms with van der Waals surface area (Å²) in [7, 11) is 1.82. The van der Waals surface area contributed by atoms with Crippen LogP contribution >= 0.6 is 15.9 Å². The van der Waals surface area contributed by atoms with Crippen molar-refractivity contribution < 1.29 is 14.6 Å². The number of hydrogen-bond acceptors (Lipinski definition) is 3. The maximum absolute atomic E-state index is 11.2. The highest BCUT2D eigenvalue weighted by molar-refractivity contribution is 9.10. The van der Waals surface area contributed by atoms with Gasteiger partial charge in [0.1, 0.15) is 17.9 Å². The van der Waals surface area contributed by atoms with E-state index in [1.807, 2.05) is 20.9 Å². The van der Waals surface area contributed by atoms with Crippen LogP contribution in [0, 0.1) is 13.8 Å². The van der Waals surface area contributed by atoms with E-state index < -0.39 is 5.97 Å². The minimum Gasteiger partial charge on any atom is -0.486 e. The molecule has 2 rings (SSSR count). The highest BCUT2D eigenvalue weighted by Gasteiger charge is 2.15. The van der Waals surface area contributed by atoms with Gasteiger partial charge in [0.15, 0.2) is 0 Å². The zero-order chi connectivity index (χ0) is 14.9. The molecule has 0 aliphatic carbocycles. The normalized spacial score (nSPS) is 10.6. The summed E-state index contributed by atoms with van der Waals surface area (Å²) in [4.78, 5) is 11.2. The zero-order valence-electron chi connectivity index (χ0n) is 11.5. The number of carboxylic acid groups (broad SMARTS) is 1. The molecule has 0 bridgehead atoms. The molecule has 0 amide bonds. The van der Waals surface area contributed by atoms with Gasteiger partial charge in [0.25, 0.3) is 0 Å². The van der Waals surface area contributed by atoms with Crippen molar-refractivity contribution in [1.29, 1.82) is 0 Å². The molecule has 0 fully saturated rings. The third-order valence-corrected chi connectivity index (χ3v) is 4.03. The fourth-order valence-electron chi connectivity index (χ4n) is 1.91. The largest absolute Gasteiger partial charge is 0.486 e. The first kappa shape index (κ1) is 14.6. The lowest BCUT2D eigenvalue weighted by Gasteiger charge is -2.10. The summed E-state index contributed by atoms with van der Waals surface area (Å²) in [5, 5.41) is 13.4. The minimum atomic E-state index is -1.000. The summed E-state index contributed by atoms with van der Waals surface area (Å²) < 4.78 is 8.27. The van der Waals surface area contributed by atoms with Crippen molar-refractivity contribution in [3.05, 3.63) is 45.2 Å². The number of aryl methyl sites for hydroxylation is 3. The lowest BCUT2D eigenvalue weighted by atomic mass is 10.1. The molecule has 0 saturated carbocycles. The molecule has 5 nitrogen and oxygen atoms in total. The van der Waals surface area contributed by atoms with E-state index in [2.05, 4.69) is 21.0 Å². The number of carboxylic acids is 1. The van der Waals surface area contributed by atoms with Crippen molar-refractivity contribution in [1.82, 2.24) is 9.78 Å². The molecule has 1 aromatic heterocycles. The molecule has 106 valence electrons. The monoisotopic (exact) mass is 338 g/mol. The van der Waals surface area contributed by atoms with Crippen LogP contribution in [0.3, 0.4) is 0 Å². The van der Waals surface area contributed by atoms with E-state index >= 15 is 0 Å². The lowest BCUT2D eigenvalue weighted by Crippen LogP contribution is -2.07. The fraction of sp³-hybridized carbons (Fsp3) is 0.286. The Kier molecular flexibility index (Phi) is 4.13. The first-order chi connectivity index (χ1) is 9.40. The number of nitrogens with zero attached hydrogens (tertiary/aromatic N) is 2. The third-order valence-electron chi connectivity index (χ3n) is 2.99. The van der Waals surface area contributed by atoms with Crippen LogP contribution < -0.4 is 4.74 Å². The maximum Gasteiger partial charge on any atom is 0.339 e. The Balaban J connectivity index is 2.27. The van der Waals surface area contributed by atoms with E-state index in [4.69, 9.17) is 9.84 Å². The molecule has 20 heavy (non-hydrogen) atoms. The summed E-state index contributed by atoms with van der Waals surface area (Å²) in [6, 6.07) is 5.03. The third kappa shape index (κ3) is 2.85.